The molecule has 0 amide bonds. The first-order valence-electron chi connectivity index (χ1n) is 10.0. The standard InChI is InChI=1S/C23H22N8/c1-12(2)20-16-10-13(4-7-18(16)30-31(20)3)17-8-9-26-22(27-17)23-28-19-11-14(24)5-6-15(19)21(25)29-23/h4-12H,24H2,1-3H3,(H2,25,28,29). The number of hydrogen-bond acceptors (Lipinski definition) is 7. The van der Waals surface area contributed by atoms with Gasteiger partial charge in [-0.1, -0.05) is 19.9 Å². The van der Waals surface area contributed by atoms with E-state index in [1.165, 1.54) is 5.69 Å². The number of nitrogens with zero attached hydrogens (tertiary/aromatic N) is 6. The summed E-state index contributed by atoms with van der Waals surface area (Å²) in [6.07, 6.45) is 1.71. The van der Waals surface area contributed by atoms with Crippen molar-refractivity contribution in [1.82, 2.24) is 29.7 Å². The summed E-state index contributed by atoms with van der Waals surface area (Å²) in [5, 5.41) is 6.49. The molecule has 3 heterocycles. The maximum atomic E-state index is 6.15. The molecule has 0 fully saturated rings. The molecule has 0 unspecified atom stereocenters. The van der Waals surface area contributed by atoms with Gasteiger partial charge in [0.25, 0.3) is 0 Å². The van der Waals surface area contributed by atoms with Crippen molar-refractivity contribution < 1.29 is 0 Å². The van der Waals surface area contributed by atoms with Gasteiger partial charge in [-0.25, -0.2) is 19.9 Å². The number of fused-ring (bicyclic) bond motifs is 2. The summed E-state index contributed by atoms with van der Waals surface area (Å²) in [4.78, 5) is 18.1. The van der Waals surface area contributed by atoms with Crippen molar-refractivity contribution >= 4 is 33.3 Å². The van der Waals surface area contributed by atoms with E-state index in [0.29, 0.717) is 34.6 Å². The molecule has 5 aromatic rings. The minimum atomic E-state index is 0.354. The molecule has 0 aliphatic carbocycles. The first kappa shape index (κ1) is 18.9. The summed E-state index contributed by atoms with van der Waals surface area (Å²) in [6.45, 7) is 4.33. The first-order valence-corrected chi connectivity index (χ1v) is 10.0. The molecule has 0 aliphatic heterocycles. The van der Waals surface area contributed by atoms with Crippen LogP contribution in [0.15, 0.2) is 48.7 Å². The van der Waals surface area contributed by atoms with Gasteiger partial charge in [0.05, 0.1) is 16.7 Å². The lowest BCUT2D eigenvalue weighted by Crippen LogP contribution is -2.01. The zero-order valence-electron chi connectivity index (χ0n) is 17.5. The van der Waals surface area contributed by atoms with Gasteiger partial charge < -0.3 is 11.5 Å². The van der Waals surface area contributed by atoms with Crippen LogP contribution >= 0.6 is 0 Å². The summed E-state index contributed by atoms with van der Waals surface area (Å²) in [6, 6.07) is 13.4. The molecule has 8 nitrogen and oxygen atoms in total. The SMILES string of the molecule is CC(C)c1c2cc(-c3ccnc(-c4nc(N)c5ccc(N)cc5n4)n3)ccc2nn1C. The molecule has 5 rings (SSSR count). The Morgan fingerprint density at radius 2 is 1.68 bits per heavy atom. The minimum absolute atomic E-state index is 0.354. The Balaban J connectivity index is 1.63. The third-order valence-electron chi connectivity index (χ3n) is 5.33. The lowest BCUT2D eigenvalue weighted by atomic mass is 10.0. The normalized spacial score (nSPS) is 11.6. The quantitative estimate of drug-likeness (QED) is 0.432. The second kappa shape index (κ2) is 7.02. The highest BCUT2D eigenvalue weighted by Gasteiger charge is 2.15. The maximum absolute atomic E-state index is 6.15. The molecule has 31 heavy (non-hydrogen) atoms. The average molecular weight is 410 g/mol. The lowest BCUT2D eigenvalue weighted by Gasteiger charge is -2.08. The highest BCUT2D eigenvalue weighted by atomic mass is 15.3. The number of anilines is 2. The molecule has 2 aromatic carbocycles. The lowest BCUT2D eigenvalue weighted by molar-refractivity contribution is 0.677. The molecule has 0 atom stereocenters. The van der Waals surface area contributed by atoms with Crippen LogP contribution in [0.25, 0.3) is 44.7 Å². The van der Waals surface area contributed by atoms with Gasteiger partial charge in [-0.15, -0.1) is 0 Å². The summed E-state index contributed by atoms with van der Waals surface area (Å²) in [7, 11) is 1.98. The molecule has 154 valence electrons. The van der Waals surface area contributed by atoms with Gasteiger partial charge in [0, 0.05) is 41.0 Å². The van der Waals surface area contributed by atoms with Crippen LogP contribution in [0.3, 0.4) is 0 Å². The minimum Gasteiger partial charge on any atom is -0.399 e. The van der Waals surface area contributed by atoms with E-state index in [0.717, 1.165) is 27.5 Å². The third-order valence-corrected chi connectivity index (χ3v) is 5.33. The average Bonchev–Trinajstić information content (AvgIpc) is 3.08. The summed E-state index contributed by atoms with van der Waals surface area (Å²) < 4.78 is 1.95. The van der Waals surface area contributed by atoms with E-state index in [1.54, 1.807) is 18.3 Å². The molecule has 0 saturated heterocycles. The fraction of sp³-hybridized carbons (Fsp3) is 0.174. The van der Waals surface area contributed by atoms with Gasteiger partial charge in [-0.05, 0) is 42.3 Å². The van der Waals surface area contributed by atoms with Crippen LogP contribution in [-0.4, -0.2) is 29.7 Å². The van der Waals surface area contributed by atoms with Crippen LogP contribution in [0.4, 0.5) is 11.5 Å². The number of nitrogens with two attached hydrogens (primary N) is 2. The number of benzene rings is 2. The van der Waals surface area contributed by atoms with Crippen molar-refractivity contribution in [1.29, 1.82) is 0 Å². The number of aryl methyl sites for hydroxylation is 1. The maximum Gasteiger partial charge on any atom is 0.200 e. The molecule has 8 heteroatoms. The summed E-state index contributed by atoms with van der Waals surface area (Å²) in [5.41, 5.74) is 17.2. The predicted molar refractivity (Wildman–Crippen MR) is 123 cm³/mol. The van der Waals surface area contributed by atoms with E-state index in [1.807, 2.05) is 36.0 Å². The van der Waals surface area contributed by atoms with E-state index < -0.39 is 0 Å². The van der Waals surface area contributed by atoms with E-state index in [-0.39, 0.29) is 0 Å². The van der Waals surface area contributed by atoms with Gasteiger partial charge in [0.1, 0.15) is 5.82 Å². The fourth-order valence-electron chi connectivity index (χ4n) is 3.96. The van der Waals surface area contributed by atoms with Crippen LogP contribution in [0.2, 0.25) is 0 Å². The Kier molecular flexibility index (Phi) is 4.28. The van der Waals surface area contributed by atoms with Gasteiger partial charge in [0.2, 0.25) is 0 Å². The molecule has 4 N–H and O–H groups in total. The van der Waals surface area contributed by atoms with Gasteiger partial charge in [0.15, 0.2) is 11.6 Å². The zero-order chi connectivity index (χ0) is 21.7. The molecule has 3 aromatic heterocycles. The zero-order valence-corrected chi connectivity index (χ0v) is 17.5. The van der Waals surface area contributed by atoms with Gasteiger partial charge in [-0.3, -0.25) is 4.68 Å². The second-order valence-corrected chi connectivity index (χ2v) is 7.87. The number of nitrogen functional groups attached to an aromatic ring is 2. The van der Waals surface area contributed by atoms with Crippen LogP contribution in [0.1, 0.15) is 25.5 Å². The number of rotatable bonds is 3. The second-order valence-electron chi connectivity index (χ2n) is 7.87. The molecule has 0 aliphatic rings. The van der Waals surface area contributed by atoms with Crippen molar-refractivity contribution in [2.45, 2.75) is 19.8 Å². The molecule has 0 radical (unpaired) electrons. The van der Waals surface area contributed by atoms with E-state index in [2.05, 4.69) is 40.0 Å². The first-order chi connectivity index (χ1) is 14.9. The molecular formula is C23H22N8. The van der Waals surface area contributed by atoms with Gasteiger partial charge in [-0.2, -0.15) is 5.10 Å². The van der Waals surface area contributed by atoms with Gasteiger partial charge >= 0.3 is 0 Å². The Bertz CT molecular complexity index is 1450. The van der Waals surface area contributed by atoms with Crippen molar-refractivity contribution in [2.24, 2.45) is 7.05 Å². The van der Waals surface area contributed by atoms with Crippen molar-refractivity contribution in [3.05, 3.63) is 54.4 Å². The molecule has 0 spiro atoms. The van der Waals surface area contributed by atoms with Crippen molar-refractivity contribution in [3.8, 4) is 22.9 Å². The van der Waals surface area contributed by atoms with Crippen LogP contribution in [0.5, 0.6) is 0 Å². The van der Waals surface area contributed by atoms with Crippen LogP contribution in [0, 0.1) is 0 Å². The van der Waals surface area contributed by atoms with E-state index >= 15 is 0 Å². The van der Waals surface area contributed by atoms with E-state index in [4.69, 9.17) is 16.5 Å². The Hall–Kier alpha value is -4.07. The predicted octanol–water partition coefficient (Wildman–Crippen LogP) is 3.93. The largest absolute Gasteiger partial charge is 0.399 e. The number of aromatic nitrogens is 6. The monoisotopic (exact) mass is 410 g/mol. The molecule has 0 bridgehead atoms. The third kappa shape index (κ3) is 3.22. The molecule has 0 saturated carbocycles. The smallest absolute Gasteiger partial charge is 0.200 e. The summed E-state index contributed by atoms with van der Waals surface area (Å²) >= 11 is 0. The Morgan fingerprint density at radius 3 is 2.48 bits per heavy atom. The van der Waals surface area contributed by atoms with Crippen LogP contribution < -0.4 is 11.5 Å². The van der Waals surface area contributed by atoms with E-state index in [9.17, 15) is 0 Å². The van der Waals surface area contributed by atoms with Crippen molar-refractivity contribution in [3.63, 3.8) is 0 Å². The Labute approximate surface area is 179 Å². The topological polar surface area (TPSA) is 121 Å². The number of hydrogen-bond donors (Lipinski definition) is 2. The summed E-state index contributed by atoms with van der Waals surface area (Å²) in [5.74, 6) is 1.49. The highest BCUT2D eigenvalue weighted by molar-refractivity contribution is 5.91. The van der Waals surface area contributed by atoms with Crippen molar-refractivity contribution in [2.75, 3.05) is 11.5 Å². The Morgan fingerprint density at radius 1 is 0.839 bits per heavy atom. The highest BCUT2D eigenvalue weighted by Crippen LogP contribution is 2.30. The fourth-order valence-corrected chi connectivity index (χ4v) is 3.96. The molecular weight excluding hydrogens is 388 g/mol. The van der Waals surface area contributed by atoms with Crippen LogP contribution in [-0.2, 0) is 7.05 Å².